The number of esters is 2. The van der Waals surface area contributed by atoms with Gasteiger partial charge in [0.1, 0.15) is 5.75 Å². The molecule has 0 atom stereocenters. The van der Waals surface area contributed by atoms with E-state index in [0.29, 0.717) is 17.1 Å². The summed E-state index contributed by atoms with van der Waals surface area (Å²) in [6.45, 7) is 4.33. The molecule has 8 nitrogen and oxygen atoms in total. The summed E-state index contributed by atoms with van der Waals surface area (Å²) in [5.74, 6) is -2.46. The van der Waals surface area contributed by atoms with E-state index in [1.807, 2.05) is 0 Å². The average Bonchev–Trinajstić information content (AvgIpc) is 2.64. The van der Waals surface area contributed by atoms with Gasteiger partial charge in [-0.1, -0.05) is 23.2 Å². The van der Waals surface area contributed by atoms with Crippen LogP contribution in [0.25, 0.3) is 0 Å². The summed E-state index contributed by atoms with van der Waals surface area (Å²) >= 11 is 12.6. The highest BCUT2D eigenvalue weighted by Gasteiger charge is 2.38. The molecule has 0 spiro atoms. The SMILES string of the molecule is CC(=O)Nc1ccc(Oc2c(Cl)cc(NC=C3C(=O)OC(C)(C)OC3=O)cc2Cl)cc1. The molecule has 1 amide bonds. The Kier molecular flexibility index (Phi) is 6.42. The third kappa shape index (κ3) is 5.68. The van der Waals surface area contributed by atoms with Crippen molar-refractivity contribution in [3.63, 3.8) is 0 Å². The van der Waals surface area contributed by atoms with Crippen molar-refractivity contribution < 1.29 is 28.6 Å². The molecule has 162 valence electrons. The van der Waals surface area contributed by atoms with E-state index in [1.165, 1.54) is 32.9 Å². The molecular weight excluding hydrogens is 447 g/mol. The van der Waals surface area contributed by atoms with Crippen LogP contribution in [0.2, 0.25) is 10.0 Å². The maximum absolute atomic E-state index is 12.0. The number of carbonyl (C=O) groups excluding carboxylic acids is 3. The maximum Gasteiger partial charge on any atom is 0.350 e. The molecule has 2 aromatic carbocycles. The van der Waals surface area contributed by atoms with Crippen LogP contribution in [0.4, 0.5) is 11.4 Å². The fourth-order valence-electron chi connectivity index (χ4n) is 2.60. The van der Waals surface area contributed by atoms with Gasteiger partial charge in [-0.25, -0.2) is 9.59 Å². The molecule has 1 fully saturated rings. The topological polar surface area (TPSA) is 103 Å². The minimum absolute atomic E-state index is 0.184. The number of halogens is 2. The summed E-state index contributed by atoms with van der Waals surface area (Å²) in [6, 6.07) is 9.66. The van der Waals surface area contributed by atoms with Crippen LogP contribution in [0.1, 0.15) is 20.8 Å². The number of benzene rings is 2. The van der Waals surface area contributed by atoms with Crippen LogP contribution in [0.5, 0.6) is 11.5 Å². The van der Waals surface area contributed by atoms with Crippen LogP contribution in [-0.2, 0) is 23.9 Å². The quantitative estimate of drug-likeness (QED) is 0.369. The van der Waals surface area contributed by atoms with Gasteiger partial charge in [0.05, 0.1) is 10.0 Å². The smallest absolute Gasteiger partial charge is 0.350 e. The Labute approximate surface area is 188 Å². The molecule has 0 aliphatic carbocycles. The van der Waals surface area contributed by atoms with Crippen LogP contribution in [0, 0.1) is 0 Å². The molecule has 1 heterocycles. The normalized spacial score (nSPS) is 14.9. The number of hydrogen-bond acceptors (Lipinski definition) is 7. The van der Waals surface area contributed by atoms with E-state index in [1.54, 1.807) is 24.3 Å². The van der Waals surface area contributed by atoms with Crippen molar-refractivity contribution in [1.29, 1.82) is 0 Å². The predicted molar refractivity (Wildman–Crippen MR) is 115 cm³/mol. The second kappa shape index (κ2) is 8.87. The van der Waals surface area contributed by atoms with Crippen molar-refractivity contribution in [3.05, 3.63) is 58.2 Å². The minimum atomic E-state index is -1.32. The largest absolute Gasteiger partial charge is 0.454 e. The van der Waals surface area contributed by atoms with E-state index in [4.69, 9.17) is 37.4 Å². The highest BCUT2D eigenvalue weighted by atomic mass is 35.5. The van der Waals surface area contributed by atoms with Crippen molar-refractivity contribution >= 4 is 52.4 Å². The average molecular weight is 465 g/mol. The molecule has 0 aromatic heterocycles. The number of ether oxygens (including phenoxy) is 3. The molecular formula is C21H18Cl2N2O6. The van der Waals surface area contributed by atoms with E-state index in [2.05, 4.69) is 10.6 Å². The predicted octanol–water partition coefficient (Wildman–Crippen LogP) is 4.88. The van der Waals surface area contributed by atoms with Gasteiger partial charge in [0, 0.05) is 38.3 Å². The molecule has 10 heteroatoms. The van der Waals surface area contributed by atoms with Gasteiger partial charge < -0.3 is 24.8 Å². The van der Waals surface area contributed by atoms with Crippen LogP contribution in [0.15, 0.2) is 48.2 Å². The van der Waals surface area contributed by atoms with Crippen LogP contribution >= 0.6 is 23.2 Å². The lowest BCUT2D eigenvalue weighted by Gasteiger charge is -2.29. The molecule has 2 N–H and O–H groups in total. The van der Waals surface area contributed by atoms with Crippen molar-refractivity contribution in [2.75, 3.05) is 10.6 Å². The Morgan fingerprint density at radius 3 is 2.06 bits per heavy atom. The zero-order valence-corrected chi connectivity index (χ0v) is 18.3. The molecule has 0 bridgehead atoms. The van der Waals surface area contributed by atoms with Gasteiger partial charge in [-0.15, -0.1) is 0 Å². The summed E-state index contributed by atoms with van der Waals surface area (Å²) in [5, 5.41) is 5.80. The first-order valence-electron chi connectivity index (χ1n) is 9.02. The first kappa shape index (κ1) is 22.5. The Balaban J connectivity index is 1.74. The van der Waals surface area contributed by atoms with Gasteiger partial charge in [0.25, 0.3) is 5.79 Å². The number of rotatable bonds is 5. The monoisotopic (exact) mass is 464 g/mol. The third-order valence-corrected chi connectivity index (χ3v) is 4.45. The number of nitrogens with one attached hydrogen (secondary N) is 2. The van der Waals surface area contributed by atoms with Crippen LogP contribution in [0.3, 0.4) is 0 Å². The Morgan fingerprint density at radius 1 is 1.00 bits per heavy atom. The highest BCUT2D eigenvalue weighted by Crippen LogP contribution is 2.39. The van der Waals surface area contributed by atoms with Gasteiger partial charge >= 0.3 is 11.9 Å². The fraction of sp³-hybridized carbons (Fsp3) is 0.190. The molecule has 1 saturated heterocycles. The van der Waals surface area contributed by atoms with Crippen molar-refractivity contribution in [3.8, 4) is 11.5 Å². The van der Waals surface area contributed by atoms with Crippen molar-refractivity contribution in [2.45, 2.75) is 26.6 Å². The van der Waals surface area contributed by atoms with E-state index in [-0.39, 0.29) is 27.3 Å². The van der Waals surface area contributed by atoms with Gasteiger partial charge in [-0.2, -0.15) is 0 Å². The number of hydrogen-bond donors (Lipinski definition) is 2. The number of carbonyl (C=O) groups is 3. The van der Waals surface area contributed by atoms with Crippen molar-refractivity contribution in [1.82, 2.24) is 0 Å². The Morgan fingerprint density at radius 2 is 1.55 bits per heavy atom. The summed E-state index contributed by atoms with van der Waals surface area (Å²) in [7, 11) is 0. The molecule has 31 heavy (non-hydrogen) atoms. The van der Waals surface area contributed by atoms with Gasteiger partial charge in [0.15, 0.2) is 11.3 Å². The van der Waals surface area contributed by atoms with E-state index < -0.39 is 17.7 Å². The fourth-order valence-corrected chi connectivity index (χ4v) is 3.17. The van der Waals surface area contributed by atoms with E-state index >= 15 is 0 Å². The summed E-state index contributed by atoms with van der Waals surface area (Å²) in [6.07, 6.45) is 1.16. The molecule has 2 aromatic rings. The van der Waals surface area contributed by atoms with Gasteiger partial charge in [-0.05, 0) is 36.4 Å². The first-order valence-corrected chi connectivity index (χ1v) is 9.77. The second-order valence-corrected chi connectivity index (χ2v) is 7.77. The summed E-state index contributed by atoms with van der Waals surface area (Å²) in [5.41, 5.74) is 0.722. The standard InChI is InChI=1S/C21H18Cl2N2O6/c1-11(26)25-12-4-6-14(7-5-12)29-18-16(22)8-13(9-17(18)23)24-10-15-19(27)30-21(2,3)31-20(15)28/h4-10,24H,1-3H3,(H,25,26). The lowest BCUT2D eigenvalue weighted by Crippen LogP contribution is -2.42. The molecule has 1 aliphatic heterocycles. The van der Waals surface area contributed by atoms with E-state index in [0.717, 1.165) is 6.20 Å². The zero-order chi connectivity index (χ0) is 22.8. The third-order valence-electron chi connectivity index (χ3n) is 3.89. The maximum atomic E-state index is 12.0. The molecule has 0 unspecified atom stereocenters. The van der Waals surface area contributed by atoms with Crippen molar-refractivity contribution in [2.24, 2.45) is 0 Å². The minimum Gasteiger partial charge on any atom is -0.454 e. The Bertz CT molecular complexity index is 1030. The highest BCUT2D eigenvalue weighted by molar-refractivity contribution is 6.37. The molecule has 1 aliphatic rings. The number of anilines is 2. The van der Waals surface area contributed by atoms with Gasteiger partial charge in [-0.3, -0.25) is 4.79 Å². The molecule has 0 saturated carbocycles. The van der Waals surface area contributed by atoms with E-state index in [9.17, 15) is 14.4 Å². The zero-order valence-electron chi connectivity index (χ0n) is 16.7. The number of amides is 1. The lowest BCUT2D eigenvalue weighted by molar-refractivity contribution is -0.222. The van der Waals surface area contributed by atoms with Crippen LogP contribution in [-0.4, -0.2) is 23.6 Å². The first-order chi connectivity index (χ1) is 14.5. The lowest BCUT2D eigenvalue weighted by atomic mass is 10.2. The van der Waals surface area contributed by atoms with Gasteiger partial charge in [0.2, 0.25) is 5.91 Å². The van der Waals surface area contributed by atoms with Crippen LogP contribution < -0.4 is 15.4 Å². The summed E-state index contributed by atoms with van der Waals surface area (Å²) in [4.78, 5) is 35.1. The number of cyclic esters (lactones) is 2. The molecule has 3 rings (SSSR count). The second-order valence-electron chi connectivity index (χ2n) is 6.96. The summed E-state index contributed by atoms with van der Waals surface area (Å²) < 4.78 is 15.8. The Hall–Kier alpha value is -3.23. The molecule has 0 radical (unpaired) electrons.